The molecular weight excluding hydrogens is 1380 g/mol. The normalized spacial score (nSPS) is 12.0. The molecule has 0 aliphatic heterocycles. The fourth-order valence-electron chi connectivity index (χ4n) is 18.9. The van der Waals surface area contributed by atoms with Gasteiger partial charge in [-0.3, -0.25) is 4.90 Å². The van der Waals surface area contributed by atoms with Gasteiger partial charge in [-0.15, -0.1) is 0 Å². The number of likely N-dealkylation sites (N-methyl/N-ethyl adjacent to an activating group) is 1. The van der Waals surface area contributed by atoms with Gasteiger partial charge < -0.3 is 0 Å². The molecule has 0 amide bonds. The Bertz CT molecular complexity index is 2230. The summed E-state index contributed by atoms with van der Waals surface area (Å²) in [4.78, 5) is 2.36. The molecule has 0 saturated carbocycles. The van der Waals surface area contributed by atoms with Crippen molar-refractivity contribution in [1.29, 1.82) is 0 Å². The van der Waals surface area contributed by atoms with Crippen LogP contribution >= 0.6 is 0 Å². The molecule has 0 atom stereocenters. The molecule has 0 aliphatic rings. The summed E-state index contributed by atoms with van der Waals surface area (Å²) >= 11 is 0. The Balaban J connectivity index is 1.10. The number of benzene rings is 2. The summed E-state index contributed by atoms with van der Waals surface area (Å²) in [5, 5.41) is 2.68. The second kappa shape index (κ2) is 92.7. The lowest BCUT2D eigenvalue weighted by atomic mass is 9.87. The zero-order chi connectivity index (χ0) is 81.8. The minimum Gasteiger partial charge on any atom is -0.298 e. The van der Waals surface area contributed by atoms with Crippen LogP contribution in [-0.2, 0) is 6.54 Å². The number of nitrogens with zero attached hydrogens (tertiary/aromatic N) is 1. The summed E-state index contributed by atoms with van der Waals surface area (Å²) in [5.74, 6) is 6.90. The molecule has 0 spiro atoms. The average Bonchev–Trinajstić information content (AvgIpc) is 0.829. The van der Waals surface area contributed by atoms with Gasteiger partial charge in [0.05, 0.1) is 0 Å². The lowest BCUT2D eigenvalue weighted by Gasteiger charge is -2.17. The molecule has 115 heavy (non-hydrogen) atoms. The first-order valence-electron chi connectivity index (χ1n) is 54.3. The van der Waals surface area contributed by atoms with Crippen LogP contribution in [0.5, 0.6) is 0 Å². The van der Waals surface area contributed by atoms with E-state index in [1.807, 2.05) is 0 Å². The predicted octanol–water partition coefficient (Wildman–Crippen LogP) is 41.2. The van der Waals surface area contributed by atoms with Crippen molar-refractivity contribution in [1.82, 2.24) is 4.90 Å². The number of unbranched alkanes of at least 4 members (excludes halogenated alkanes) is 91. The Labute approximate surface area is 726 Å². The number of hydrogen-bond acceptors (Lipinski definition) is 1. The van der Waals surface area contributed by atoms with Crippen LogP contribution in [0.4, 0.5) is 0 Å². The molecule has 0 radical (unpaired) electrons. The van der Waals surface area contributed by atoms with E-state index in [1.54, 1.807) is 0 Å². The first-order valence-corrected chi connectivity index (χ1v) is 54.3. The lowest BCUT2D eigenvalue weighted by Crippen LogP contribution is -2.17. The van der Waals surface area contributed by atoms with E-state index in [-0.39, 0.29) is 5.41 Å². The molecule has 0 bridgehead atoms. The van der Waals surface area contributed by atoms with E-state index in [1.165, 1.54) is 613 Å². The minimum atomic E-state index is 0.0975. The monoisotopic (exact) mass is 1590 g/mol. The van der Waals surface area contributed by atoms with Gasteiger partial charge in [-0.2, -0.15) is 0 Å². The largest absolute Gasteiger partial charge is 0.298 e. The van der Waals surface area contributed by atoms with Crippen LogP contribution in [0.25, 0.3) is 10.8 Å². The van der Waals surface area contributed by atoms with Gasteiger partial charge in [0.15, 0.2) is 0 Å². The molecule has 672 valence electrons. The molecule has 1 nitrogen and oxygen atoms in total. The van der Waals surface area contributed by atoms with E-state index in [9.17, 15) is 0 Å². The third kappa shape index (κ3) is 84.0. The molecule has 2 aromatic rings. The molecule has 0 N–H and O–H groups in total. The van der Waals surface area contributed by atoms with Crippen molar-refractivity contribution in [2.24, 2.45) is 5.41 Å². The van der Waals surface area contributed by atoms with E-state index in [4.69, 9.17) is 0 Å². The maximum absolute atomic E-state index is 3.54. The van der Waals surface area contributed by atoms with Crippen molar-refractivity contribution in [3.05, 3.63) is 60.2 Å². The van der Waals surface area contributed by atoms with Gasteiger partial charge in [-0.05, 0) is 49.7 Å². The molecule has 0 aliphatic carbocycles. The van der Waals surface area contributed by atoms with Crippen molar-refractivity contribution in [3.8, 4) is 11.8 Å². The maximum atomic E-state index is 3.54. The minimum absolute atomic E-state index is 0.0975. The van der Waals surface area contributed by atoms with Crippen molar-refractivity contribution in [2.45, 2.75) is 624 Å². The van der Waals surface area contributed by atoms with E-state index < -0.39 is 0 Å². The first kappa shape index (κ1) is 109. The SMILES string of the molecule is CCCCCCCCCCCCCCCCCCCCCCCCCCCCCCCCCCCCCCCCCCCCCCCCCCCCCCCCCCCCCCCCCCCCCCCCCCCCCCCCCCCCCCCCCCCCCCC(C)(C)C#C/C=C/CN(C)Cc1cccc2ccccc12. The van der Waals surface area contributed by atoms with Crippen LogP contribution in [0.1, 0.15) is 623 Å². The Morgan fingerprint density at radius 2 is 0.417 bits per heavy atom. The summed E-state index contributed by atoms with van der Waals surface area (Å²) < 4.78 is 0. The molecular formula is C114H211N. The molecule has 0 heterocycles. The number of rotatable bonds is 97. The maximum Gasteiger partial charge on any atom is 0.0262 e. The predicted molar refractivity (Wildman–Crippen MR) is 526 cm³/mol. The fourth-order valence-corrected chi connectivity index (χ4v) is 18.9. The van der Waals surface area contributed by atoms with E-state index in [0.29, 0.717) is 0 Å². The summed E-state index contributed by atoms with van der Waals surface area (Å²) in [6, 6.07) is 15.3. The summed E-state index contributed by atoms with van der Waals surface area (Å²) in [5.41, 5.74) is 1.49. The van der Waals surface area contributed by atoms with Crippen molar-refractivity contribution in [2.75, 3.05) is 13.6 Å². The number of hydrogen-bond donors (Lipinski definition) is 0. The highest BCUT2D eigenvalue weighted by molar-refractivity contribution is 5.85. The van der Waals surface area contributed by atoms with Crippen molar-refractivity contribution >= 4 is 10.8 Å². The molecule has 1 heteroatoms. The molecule has 0 saturated heterocycles. The van der Waals surface area contributed by atoms with Gasteiger partial charge >= 0.3 is 0 Å². The summed E-state index contributed by atoms with van der Waals surface area (Å²) in [6.07, 6.45) is 142. The van der Waals surface area contributed by atoms with Crippen LogP contribution in [0.3, 0.4) is 0 Å². The average molecular weight is 1600 g/mol. The number of fused-ring (bicyclic) bond motifs is 1. The van der Waals surface area contributed by atoms with Crippen LogP contribution in [-0.4, -0.2) is 18.5 Å². The summed E-state index contributed by atoms with van der Waals surface area (Å²) in [6.45, 7) is 8.82. The lowest BCUT2D eigenvalue weighted by molar-refractivity contribution is 0.365. The van der Waals surface area contributed by atoms with Crippen molar-refractivity contribution < 1.29 is 0 Å². The van der Waals surface area contributed by atoms with E-state index >= 15 is 0 Å². The quantitative estimate of drug-likeness (QED) is 0.0471. The molecule has 0 aromatic heterocycles. The zero-order valence-electron chi connectivity index (χ0n) is 79.8. The topological polar surface area (TPSA) is 3.24 Å². The highest BCUT2D eigenvalue weighted by atomic mass is 15.1. The Hall–Kier alpha value is -2.04. The van der Waals surface area contributed by atoms with Gasteiger partial charge in [-0.1, -0.05) is 658 Å². The zero-order valence-corrected chi connectivity index (χ0v) is 79.8. The highest BCUT2D eigenvalue weighted by Crippen LogP contribution is 2.27. The Morgan fingerprint density at radius 1 is 0.235 bits per heavy atom. The fraction of sp³-hybridized carbons (Fsp3) is 0.877. The number of allylic oxidation sites excluding steroid dienone is 1. The van der Waals surface area contributed by atoms with Crippen LogP contribution in [0.2, 0.25) is 0 Å². The van der Waals surface area contributed by atoms with Gasteiger partial charge in [0.25, 0.3) is 0 Å². The molecule has 0 unspecified atom stereocenters. The Morgan fingerprint density at radius 3 is 0.626 bits per heavy atom. The molecule has 2 aromatic carbocycles. The van der Waals surface area contributed by atoms with Gasteiger partial charge in [-0.25, -0.2) is 0 Å². The van der Waals surface area contributed by atoms with Crippen LogP contribution in [0.15, 0.2) is 54.6 Å². The van der Waals surface area contributed by atoms with E-state index in [0.717, 1.165) is 13.1 Å². The third-order valence-electron chi connectivity index (χ3n) is 27.0. The smallest absolute Gasteiger partial charge is 0.0262 e. The summed E-state index contributed by atoms with van der Waals surface area (Å²) in [7, 11) is 2.20. The second-order valence-electron chi connectivity index (χ2n) is 39.3. The van der Waals surface area contributed by atoms with Gasteiger partial charge in [0, 0.05) is 18.5 Å². The van der Waals surface area contributed by atoms with Crippen LogP contribution < -0.4 is 0 Å². The van der Waals surface area contributed by atoms with Gasteiger partial charge in [0.2, 0.25) is 0 Å². The highest BCUT2D eigenvalue weighted by Gasteiger charge is 2.14. The molecule has 2 rings (SSSR count). The molecule has 0 fully saturated rings. The standard InChI is InChI=1S/C114H211N/c1-5-6-7-8-9-10-11-12-13-14-15-16-17-18-19-20-21-22-23-24-25-26-27-28-29-30-31-32-33-34-35-36-37-38-39-40-41-42-43-44-45-46-47-48-49-50-51-52-53-54-55-56-57-58-59-60-61-62-63-64-65-66-67-68-69-70-71-72-73-74-75-76-77-78-79-80-81-82-83-84-85-86-87-88-89-90-91-92-93-94-95-99-107-114(2,3)108-100-96-101-109-115(4)110-112-105-102-104-111-103-97-98-106-113(111)112/h96-98,101-106H,5-95,99,107,109-110H2,1-4H3/b101-96+. The third-order valence-corrected chi connectivity index (χ3v) is 27.0. The first-order chi connectivity index (χ1) is 57.0. The second-order valence-corrected chi connectivity index (χ2v) is 39.3. The van der Waals surface area contributed by atoms with Crippen molar-refractivity contribution in [3.63, 3.8) is 0 Å². The van der Waals surface area contributed by atoms with E-state index in [2.05, 4.69) is 99.2 Å². The van der Waals surface area contributed by atoms with Gasteiger partial charge in [0.1, 0.15) is 0 Å². The Kier molecular flexibility index (Phi) is 87.9. The van der Waals surface area contributed by atoms with Crippen LogP contribution in [0, 0.1) is 17.3 Å².